The van der Waals surface area contributed by atoms with Crippen molar-refractivity contribution in [1.29, 1.82) is 0 Å². The molecule has 0 spiro atoms. The Labute approximate surface area is 145 Å². The maximum absolute atomic E-state index is 12.7. The first-order valence-electron chi connectivity index (χ1n) is 7.72. The van der Waals surface area contributed by atoms with Crippen molar-refractivity contribution >= 4 is 23.0 Å². The van der Waals surface area contributed by atoms with Gasteiger partial charge in [-0.2, -0.15) is 13.2 Å². The number of nitrogens with zero attached hydrogens (tertiary/aromatic N) is 3. The van der Waals surface area contributed by atoms with Gasteiger partial charge in [0.05, 0.1) is 9.88 Å². The molecular formula is C17H13F3N4S. The summed E-state index contributed by atoms with van der Waals surface area (Å²) in [4.78, 5) is 12.9. The molecule has 25 heavy (non-hydrogen) atoms. The maximum atomic E-state index is 12.7. The SMILES string of the molecule is FC(F)(F)c1ccnc(Nc2cccc(-c3cnc(C4CC4)s3)c2)n1. The molecule has 4 rings (SSSR count). The highest BCUT2D eigenvalue weighted by atomic mass is 32.1. The first-order valence-corrected chi connectivity index (χ1v) is 8.54. The minimum atomic E-state index is -4.50. The minimum absolute atomic E-state index is 0.0880. The van der Waals surface area contributed by atoms with E-state index in [1.807, 2.05) is 24.4 Å². The van der Waals surface area contributed by atoms with Crippen LogP contribution in [0.4, 0.5) is 24.8 Å². The molecule has 2 aromatic heterocycles. The predicted octanol–water partition coefficient (Wildman–Crippen LogP) is 5.24. The Bertz CT molecular complexity index is 903. The summed E-state index contributed by atoms with van der Waals surface area (Å²) < 4.78 is 38.2. The van der Waals surface area contributed by atoms with Crippen molar-refractivity contribution in [3.8, 4) is 10.4 Å². The molecule has 1 aliphatic rings. The number of aromatic nitrogens is 3. The third-order valence-electron chi connectivity index (χ3n) is 3.80. The van der Waals surface area contributed by atoms with Gasteiger partial charge in [0.15, 0.2) is 0 Å². The molecule has 0 amide bonds. The lowest BCUT2D eigenvalue weighted by molar-refractivity contribution is -0.141. The number of nitrogens with one attached hydrogen (secondary N) is 1. The van der Waals surface area contributed by atoms with Crippen LogP contribution in [0.2, 0.25) is 0 Å². The minimum Gasteiger partial charge on any atom is -0.324 e. The largest absolute Gasteiger partial charge is 0.433 e. The highest BCUT2D eigenvalue weighted by Crippen LogP contribution is 2.43. The topological polar surface area (TPSA) is 50.7 Å². The van der Waals surface area contributed by atoms with Gasteiger partial charge in [-0.3, -0.25) is 0 Å². The van der Waals surface area contributed by atoms with Gasteiger partial charge >= 0.3 is 6.18 Å². The molecule has 1 saturated carbocycles. The highest BCUT2D eigenvalue weighted by molar-refractivity contribution is 7.15. The van der Waals surface area contributed by atoms with Crippen LogP contribution in [0.1, 0.15) is 29.5 Å². The first kappa shape index (κ1) is 16.0. The van der Waals surface area contributed by atoms with Crippen molar-refractivity contribution in [3.63, 3.8) is 0 Å². The van der Waals surface area contributed by atoms with E-state index < -0.39 is 11.9 Å². The zero-order valence-electron chi connectivity index (χ0n) is 12.9. The number of halogens is 3. The number of anilines is 2. The molecule has 4 nitrogen and oxygen atoms in total. The third-order valence-corrected chi connectivity index (χ3v) is 5.01. The molecule has 8 heteroatoms. The molecule has 0 bridgehead atoms. The average Bonchev–Trinajstić information content (AvgIpc) is 3.32. The monoisotopic (exact) mass is 362 g/mol. The summed E-state index contributed by atoms with van der Waals surface area (Å²) in [5.41, 5.74) is 0.609. The van der Waals surface area contributed by atoms with Gasteiger partial charge in [0.1, 0.15) is 5.69 Å². The Balaban J connectivity index is 1.57. The highest BCUT2D eigenvalue weighted by Gasteiger charge is 2.32. The van der Waals surface area contributed by atoms with Crippen LogP contribution in [0.5, 0.6) is 0 Å². The van der Waals surface area contributed by atoms with Crippen LogP contribution in [0.15, 0.2) is 42.7 Å². The van der Waals surface area contributed by atoms with Gasteiger partial charge in [-0.15, -0.1) is 11.3 Å². The zero-order valence-corrected chi connectivity index (χ0v) is 13.7. The molecule has 128 valence electrons. The second-order valence-electron chi connectivity index (χ2n) is 5.81. The predicted molar refractivity (Wildman–Crippen MR) is 89.8 cm³/mol. The van der Waals surface area contributed by atoms with Crippen molar-refractivity contribution in [2.24, 2.45) is 0 Å². The first-order chi connectivity index (χ1) is 12.0. The van der Waals surface area contributed by atoms with Crippen molar-refractivity contribution in [1.82, 2.24) is 15.0 Å². The van der Waals surface area contributed by atoms with Crippen LogP contribution in [-0.2, 0) is 6.18 Å². The summed E-state index contributed by atoms with van der Waals surface area (Å²) in [6, 6.07) is 8.24. The normalized spacial score (nSPS) is 14.5. The average molecular weight is 362 g/mol. The van der Waals surface area contributed by atoms with E-state index in [2.05, 4.69) is 20.3 Å². The molecule has 1 fully saturated rings. The molecule has 1 aromatic carbocycles. The van der Waals surface area contributed by atoms with E-state index in [0.717, 1.165) is 27.7 Å². The van der Waals surface area contributed by atoms with Crippen molar-refractivity contribution < 1.29 is 13.2 Å². The smallest absolute Gasteiger partial charge is 0.324 e. The van der Waals surface area contributed by atoms with Crippen LogP contribution in [0.3, 0.4) is 0 Å². The Kier molecular flexibility index (Phi) is 3.91. The van der Waals surface area contributed by atoms with Gasteiger partial charge in [0.25, 0.3) is 0 Å². The lowest BCUT2D eigenvalue weighted by Gasteiger charge is -2.09. The lowest BCUT2D eigenvalue weighted by Crippen LogP contribution is -2.10. The van der Waals surface area contributed by atoms with E-state index in [0.29, 0.717) is 11.6 Å². The number of hydrogen-bond donors (Lipinski definition) is 1. The standard InChI is InChI=1S/C17H13F3N4S/c18-17(19,20)14-6-7-21-16(24-14)23-12-3-1-2-11(8-12)13-9-22-15(25-13)10-4-5-10/h1-3,6-10H,4-5H2,(H,21,23,24). The summed E-state index contributed by atoms with van der Waals surface area (Å²) in [5, 5.41) is 3.98. The van der Waals surface area contributed by atoms with Gasteiger partial charge in [-0.05, 0) is 36.6 Å². The molecule has 1 aliphatic carbocycles. The Morgan fingerprint density at radius 1 is 1.12 bits per heavy atom. The number of hydrogen-bond acceptors (Lipinski definition) is 5. The van der Waals surface area contributed by atoms with Gasteiger partial charge in [-0.25, -0.2) is 15.0 Å². The van der Waals surface area contributed by atoms with Crippen LogP contribution in [-0.4, -0.2) is 15.0 Å². The van der Waals surface area contributed by atoms with Crippen LogP contribution < -0.4 is 5.32 Å². The molecule has 0 saturated heterocycles. The molecule has 2 heterocycles. The molecule has 0 unspecified atom stereocenters. The van der Waals surface area contributed by atoms with Crippen LogP contribution in [0.25, 0.3) is 10.4 Å². The number of thiazole rings is 1. The maximum Gasteiger partial charge on any atom is 0.433 e. The fourth-order valence-corrected chi connectivity index (χ4v) is 3.48. The lowest BCUT2D eigenvalue weighted by atomic mass is 10.2. The van der Waals surface area contributed by atoms with E-state index in [1.165, 1.54) is 12.8 Å². The van der Waals surface area contributed by atoms with Gasteiger partial charge in [-0.1, -0.05) is 12.1 Å². The van der Waals surface area contributed by atoms with Crippen molar-refractivity contribution in [2.75, 3.05) is 5.32 Å². The van der Waals surface area contributed by atoms with Crippen molar-refractivity contribution in [3.05, 3.63) is 53.4 Å². The number of benzene rings is 1. The molecule has 1 N–H and O–H groups in total. The summed E-state index contributed by atoms with van der Waals surface area (Å²) >= 11 is 1.66. The van der Waals surface area contributed by atoms with Crippen LogP contribution in [0, 0.1) is 0 Å². The van der Waals surface area contributed by atoms with E-state index in [9.17, 15) is 13.2 Å². The Morgan fingerprint density at radius 2 is 1.96 bits per heavy atom. The summed E-state index contributed by atoms with van der Waals surface area (Å²) in [6.07, 6.45) is 0.831. The summed E-state index contributed by atoms with van der Waals surface area (Å²) in [7, 11) is 0. The second kappa shape index (κ2) is 6.11. The third kappa shape index (κ3) is 3.63. The fraction of sp³-hybridized carbons (Fsp3) is 0.235. The van der Waals surface area contributed by atoms with Crippen LogP contribution >= 0.6 is 11.3 Å². The Hall–Kier alpha value is -2.48. The Morgan fingerprint density at radius 3 is 2.72 bits per heavy atom. The molecule has 0 radical (unpaired) electrons. The number of rotatable bonds is 4. The summed E-state index contributed by atoms with van der Waals surface area (Å²) in [5.74, 6) is 0.508. The molecule has 0 aliphatic heterocycles. The zero-order chi connectivity index (χ0) is 17.4. The van der Waals surface area contributed by atoms with E-state index in [-0.39, 0.29) is 5.95 Å². The van der Waals surface area contributed by atoms with E-state index >= 15 is 0 Å². The van der Waals surface area contributed by atoms with E-state index in [1.54, 1.807) is 17.4 Å². The van der Waals surface area contributed by atoms with Crippen molar-refractivity contribution in [2.45, 2.75) is 24.9 Å². The van der Waals surface area contributed by atoms with E-state index in [4.69, 9.17) is 0 Å². The molecule has 3 aromatic rings. The fourth-order valence-electron chi connectivity index (χ4n) is 2.40. The molecule has 0 atom stereocenters. The number of alkyl halides is 3. The second-order valence-corrected chi connectivity index (χ2v) is 6.87. The van der Waals surface area contributed by atoms with Gasteiger partial charge < -0.3 is 5.32 Å². The quantitative estimate of drug-likeness (QED) is 0.690. The summed E-state index contributed by atoms with van der Waals surface area (Å²) in [6.45, 7) is 0. The molecular weight excluding hydrogens is 349 g/mol. The van der Waals surface area contributed by atoms with Gasteiger partial charge in [0.2, 0.25) is 5.95 Å². The van der Waals surface area contributed by atoms with Gasteiger partial charge in [0, 0.05) is 24.0 Å².